The van der Waals surface area contributed by atoms with E-state index in [0.29, 0.717) is 22.2 Å². The molecule has 0 spiro atoms. The largest absolute Gasteiger partial charge is 0.495 e. The summed E-state index contributed by atoms with van der Waals surface area (Å²) in [6.45, 7) is 2.08. The minimum atomic E-state index is -0.246. The molecule has 0 unspecified atom stereocenters. The number of rotatable bonds is 7. The van der Waals surface area contributed by atoms with E-state index < -0.39 is 0 Å². The van der Waals surface area contributed by atoms with Crippen LogP contribution < -0.4 is 14.8 Å². The second-order valence-electron chi connectivity index (χ2n) is 5.08. The van der Waals surface area contributed by atoms with Crippen molar-refractivity contribution in [2.45, 2.75) is 19.8 Å². The fraction of sp³-hybridized carbons (Fsp3) is 0.278. The SMILES string of the molecule is CCCc1ccc(OCC(=O)Nc2ccc(OC)c(Cl)c2)cc1. The first-order chi connectivity index (χ1) is 11.1. The lowest BCUT2D eigenvalue weighted by atomic mass is 10.1. The van der Waals surface area contributed by atoms with Crippen LogP contribution in [0.3, 0.4) is 0 Å². The van der Waals surface area contributed by atoms with Crippen molar-refractivity contribution in [1.29, 1.82) is 0 Å². The van der Waals surface area contributed by atoms with Gasteiger partial charge in [0.25, 0.3) is 5.91 Å². The predicted octanol–water partition coefficient (Wildman–Crippen LogP) is 4.32. The first-order valence-electron chi connectivity index (χ1n) is 7.47. The Kier molecular flexibility index (Phi) is 6.29. The number of anilines is 1. The number of hydrogen-bond acceptors (Lipinski definition) is 3. The second kappa shape index (κ2) is 8.44. The lowest BCUT2D eigenvalue weighted by Gasteiger charge is -2.09. The van der Waals surface area contributed by atoms with Gasteiger partial charge in [-0.1, -0.05) is 37.1 Å². The van der Waals surface area contributed by atoms with E-state index in [4.69, 9.17) is 21.1 Å². The van der Waals surface area contributed by atoms with Gasteiger partial charge in [0.15, 0.2) is 6.61 Å². The monoisotopic (exact) mass is 333 g/mol. The molecule has 1 N–H and O–H groups in total. The molecule has 0 atom stereocenters. The molecule has 1 amide bonds. The summed E-state index contributed by atoms with van der Waals surface area (Å²) in [5, 5.41) is 3.17. The summed E-state index contributed by atoms with van der Waals surface area (Å²) < 4.78 is 10.5. The molecule has 23 heavy (non-hydrogen) atoms. The van der Waals surface area contributed by atoms with Crippen molar-refractivity contribution >= 4 is 23.2 Å². The topological polar surface area (TPSA) is 47.6 Å². The molecule has 0 saturated heterocycles. The Morgan fingerprint density at radius 3 is 2.52 bits per heavy atom. The van der Waals surface area contributed by atoms with E-state index in [2.05, 4.69) is 12.2 Å². The third-order valence-corrected chi connectivity index (χ3v) is 3.56. The fourth-order valence-corrected chi connectivity index (χ4v) is 2.39. The highest BCUT2D eigenvalue weighted by atomic mass is 35.5. The zero-order valence-corrected chi connectivity index (χ0v) is 14.0. The lowest BCUT2D eigenvalue weighted by molar-refractivity contribution is -0.118. The van der Waals surface area contributed by atoms with E-state index in [-0.39, 0.29) is 12.5 Å². The van der Waals surface area contributed by atoms with Crippen molar-refractivity contribution in [1.82, 2.24) is 0 Å². The Labute approximate surface area is 141 Å². The van der Waals surface area contributed by atoms with Crippen LogP contribution in [-0.2, 0) is 11.2 Å². The Morgan fingerprint density at radius 1 is 1.17 bits per heavy atom. The first-order valence-corrected chi connectivity index (χ1v) is 7.85. The van der Waals surface area contributed by atoms with Gasteiger partial charge in [0.1, 0.15) is 11.5 Å². The van der Waals surface area contributed by atoms with Crippen LogP contribution in [0.5, 0.6) is 11.5 Å². The van der Waals surface area contributed by atoms with Gasteiger partial charge in [0.2, 0.25) is 0 Å². The molecule has 0 bridgehead atoms. The van der Waals surface area contributed by atoms with Crippen molar-refractivity contribution in [3.63, 3.8) is 0 Å². The van der Waals surface area contributed by atoms with Crippen LogP contribution in [-0.4, -0.2) is 19.6 Å². The normalized spacial score (nSPS) is 10.2. The van der Waals surface area contributed by atoms with Gasteiger partial charge in [-0.05, 0) is 42.3 Å². The van der Waals surface area contributed by atoms with E-state index in [1.807, 2.05) is 24.3 Å². The van der Waals surface area contributed by atoms with Crippen LogP contribution in [0, 0.1) is 0 Å². The number of methoxy groups -OCH3 is 1. The first kappa shape index (κ1) is 17.2. The third kappa shape index (κ3) is 5.18. The number of carbonyl (C=O) groups is 1. The molecule has 0 heterocycles. The smallest absolute Gasteiger partial charge is 0.262 e. The number of ether oxygens (including phenoxy) is 2. The number of hydrogen-bond donors (Lipinski definition) is 1. The zero-order valence-electron chi connectivity index (χ0n) is 13.3. The van der Waals surface area contributed by atoms with Gasteiger partial charge in [-0.15, -0.1) is 0 Å². The van der Waals surface area contributed by atoms with Crippen LogP contribution in [0.25, 0.3) is 0 Å². The summed E-state index contributed by atoms with van der Waals surface area (Å²) in [6, 6.07) is 12.8. The van der Waals surface area contributed by atoms with Crippen molar-refractivity contribution in [2.24, 2.45) is 0 Å². The van der Waals surface area contributed by atoms with Crippen LogP contribution in [0.1, 0.15) is 18.9 Å². The quantitative estimate of drug-likeness (QED) is 0.821. The number of amides is 1. The van der Waals surface area contributed by atoms with Gasteiger partial charge >= 0.3 is 0 Å². The van der Waals surface area contributed by atoms with E-state index in [1.54, 1.807) is 25.3 Å². The summed E-state index contributed by atoms with van der Waals surface area (Å²) in [5.74, 6) is 0.990. The minimum Gasteiger partial charge on any atom is -0.495 e. The fourth-order valence-electron chi connectivity index (χ4n) is 2.13. The van der Waals surface area contributed by atoms with Gasteiger partial charge in [-0.2, -0.15) is 0 Å². The predicted molar refractivity (Wildman–Crippen MR) is 92.6 cm³/mol. The highest BCUT2D eigenvalue weighted by molar-refractivity contribution is 6.32. The summed E-state index contributed by atoms with van der Waals surface area (Å²) in [5.41, 5.74) is 1.86. The molecule has 0 aromatic heterocycles. The Bertz CT molecular complexity index is 656. The standard InChI is InChI=1S/C18H20ClNO3/c1-3-4-13-5-8-15(9-6-13)23-12-18(21)20-14-7-10-17(22-2)16(19)11-14/h5-11H,3-4,12H2,1-2H3,(H,20,21). The molecule has 2 aromatic carbocycles. The summed E-state index contributed by atoms with van der Waals surface area (Å²) >= 11 is 6.02. The highest BCUT2D eigenvalue weighted by Crippen LogP contribution is 2.27. The maximum absolute atomic E-state index is 11.9. The Morgan fingerprint density at radius 2 is 1.91 bits per heavy atom. The third-order valence-electron chi connectivity index (χ3n) is 3.27. The van der Waals surface area contributed by atoms with Crippen LogP contribution in [0.2, 0.25) is 5.02 Å². The highest BCUT2D eigenvalue weighted by Gasteiger charge is 2.06. The number of aryl methyl sites for hydroxylation is 1. The Balaban J connectivity index is 1.86. The average molecular weight is 334 g/mol. The molecule has 2 rings (SSSR count). The van der Waals surface area contributed by atoms with Crippen LogP contribution in [0.4, 0.5) is 5.69 Å². The molecule has 0 aliphatic carbocycles. The molecule has 0 aliphatic rings. The molecule has 0 radical (unpaired) electrons. The van der Waals surface area contributed by atoms with E-state index in [9.17, 15) is 4.79 Å². The zero-order chi connectivity index (χ0) is 16.7. The average Bonchev–Trinajstić information content (AvgIpc) is 2.55. The summed E-state index contributed by atoms with van der Waals surface area (Å²) in [6.07, 6.45) is 2.14. The van der Waals surface area contributed by atoms with E-state index in [0.717, 1.165) is 12.8 Å². The van der Waals surface area contributed by atoms with Gasteiger partial charge in [0, 0.05) is 5.69 Å². The molecule has 0 aliphatic heterocycles. The number of halogens is 1. The van der Waals surface area contributed by atoms with Crippen LogP contribution >= 0.6 is 11.6 Å². The van der Waals surface area contributed by atoms with Crippen LogP contribution in [0.15, 0.2) is 42.5 Å². The molecule has 122 valence electrons. The van der Waals surface area contributed by atoms with E-state index in [1.165, 1.54) is 5.56 Å². The molecule has 0 fully saturated rings. The summed E-state index contributed by atoms with van der Waals surface area (Å²) in [7, 11) is 1.54. The second-order valence-corrected chi connectivity index (χ2v) is 5.49. The maximum atomic E-state index is 11.9. The molecule has 5 heteroatoms. The number of carbonyl (C=O) groups excluding carboxylic acids is 1. The van der Waals surface area contributed by atoms with Gasteiger partial charge in [0.05, 0.1) is 12.1 Å². The molecular weight excluding hydrogens is 314 g/mol. The van der Waals surface area contributed by atoms with Crippen molar-refractivity contribution < 1.29 is 14.3 Å². The number of benzene rings is 2. The van der Waals surface area contributed by atoms with Gasteiger partial charge in [-0.3, -0.25) is 4.79 Å². The maximum Gasteiger partial charge on any atom is 0.262 e. The number of nitrogens with one attached hydrogen (secondary N) is 1. The van der Waals surface area contributed by atoms with Gasteiger partial charge in [-0.25, -0.2) is 0 Å². The minimum absolute atomic E-state index is 0.0588. The molecular formula is C18H20ClNO3. The van der Waals surface area contributed by atoms with Crippen molar-refractivity contribution in [3.05, 3.63) is 53.1 Å². The van der Waals surface area contributed by atoms with Crippen molar-refractivity contribution in [2.75, 3.05) is 19.0 Å². The van der Waals surface area contributed by atoms with Gasteiger partial charge < -0.3 is 14.8 Å². The molecule has 0 saturated carbocycles. The lowest BCUT2D eigenvalue weighted by Crippen LogP contribution is -2.20. The van der Waals surface area contributed by atoms with E-state index >= 15 is 0 Å². The molecule has 4 nitrogen and oxygen atoms in total. The molecule has 2 aromatic rings. The van der Waals surface area contributed by atoms with Crippen molar-refractivity contribution in [3.8, 4) is 11.5 Å². The summed E-state index contributed by atoms with van der Waals surface area (Å²) in [4.78, 5) is 11.9. The Hall–Kier alpha value is -2.20.